The number of nitrogens with one attached hydrogen (secondary N) is 1. The van der Waals surface area contributed by atoms with Gasteiger partial charge in [0.1, 0.15) is 0 Å². The Hall–Kier alpha value is -2.79. The van der Waals surface area contributed by atoms with Gasteiger partial charge in [0.25, 0.3) is 5.91 Å². The molecular weight excluding hydrogens is 304 g/mol. The Bertz CT molecular complexity index is 736. The van der Waals surface area contributed by atoms with E-state index in [-0.39, 0.29) is 0 Å². The zero-order chi connectivity index (χ0) is 15.9. The lowest BCUT2D eigenvalue weighted by Gasteiger charge is -2.06. The lowest BCUT2D eigenvalue weighted by atomic mass is 10.2. The van der Waals surface area contributed by atoms with Gasteiger partial charge in [0, 0.05) is 5.69 Å². The summed E-state index contributed by atoms with van der Waals surface area (Å²) in [6.07, 6.45) is 0.564. The minimum Gasteiger partial charge on any atom is -0.451 e. The van der Waals surface area contributed by atoms with Gasteiger partial charge in [0.05, 0.1) is 17.3 Å². The van der Waals surface area contributed by atoms with Crippen LogP contribution in [0.15, 0.2) is 24.3 Å². The Morgan fingerprint density at radius 3 is 3.00 bits per heavy atom. The third-order valence-electron chi connectivity index (χ3n) is 2.69. The van der Waals surface area contributed by atoms with Gasteiger partial charge in [0.15, 0.2) is 11.5 Å². The predicted molar refractivity (Wildman–Crippen MR) is 79.4 cm³/mol. The quantitative estimate of drug-likeness (QED) is 0.843. The molecule has 8 heteroatoms. The Morgan fingerprint density at radius 1 is 1.45 bits per heavy atom. The van der Waals surface area contributed by atoms with Crippen molar-refractivity contribution < 1.29 is 14.3 Å². The zero-order valence-electron chi connectivity index (χ0n) is 11.7. The Kier molecular flexibility index (Phi) is 5.16. The number of carbonyl (C=O) groups excluding carboxylic acids is 2. The molecule has 2 aromatic rings. The number of rotatable bonds is 5. The summed E-state index contributed by atoms with van der Waals surface area (Å²) in [7, 11) is 0. The van der Waals surface area contributed by atoms with E-state index in [1.54, 1.807) is 18.2 Å². The van der Waals surface area contributed by atoms with Crippen molar-refractivity contribution in [2.75, 3.05) is 11.9 Å². The lowest BCUT2D eigenvalue weighted by Crippen LogP contribution is -2.21. The first-order valence-electron chi connectivity index (χ1n) is 6.42. The second-order valence-electron chi connectivity index (χ2n) is 4.22. The van der Waals surface area contributed by atoms with E-state index >= 15 is 0 Å². The van der Waals surface area contributed by atoms with E-state index in [4.69, 9.17) is 10.00 Å². The highest BCUT2D eigenvalue weighted by Crippen LogP contribution is 2.13. The molecule has 0 radical (unpaired) electrons. The number of amides is 1. The van der Waals surface area contributed by atoms with Crippen molar-refractivity contribution in [2.45, 2.75) is 13.3 Å². The number of esters is 1. The summed E-state index contributed by atoms with van der Waals surface area (Å²) in [5, 5.41) is 15.1. The third-order valence-corrected chi connectivity index (χ3v) is 3.43. The number of carbonyl (C=O) groups is 2. The standard InChI is InChI=1S/C14H12N4O3S/c1-2-11-13(22-18-17-11)14(20)21-8-12(19)16-10-5-3-4-9(6-10)7-15/h3-6H,2,8H2,1H3,(H,16,19). The number of nitrogens with zero attached hydrogens (tertiary/aromatic N) is 3. The van der Waals surface area contributed by atoms with Crippen molar-refractivity contribution in [3.63, 3.8) is 0 Å². The van der Waals surface area contributed by atoms with Gasteiger partial charge in [-0.25, -0.2) is 4.79 Å². The summed E-state index contributed by atoms with van der Waals surface area (Å²) in [6, 6.07) is 8.42. The van der Waals surface area contributed by atoms with Crippen LogP contribution < -0.4 is 5.32 Å². The number of ether oxygens (including phenoxy) is 1. The summed E-state index contributed by atoms with van der Waals surface area (Å²) in [6.45, 7) is 1.43. The predicted octanol–water partition coefficient (Wildman–Crippen LogP) is 1.77. The van der Waals surface area contributed by atoms with Crippen LogP contribution in [0.3, 0.4) is 0 Å². The SMILES string of the molecule is CCc1nnsc1C(=O)OCC(=O)Nc1cccc(C#N)c1. The fourth-order valence-electron chi connectivity index (χ4n) is 1.66. The second-order valence-corrected chi connectivity index (χ2v) is 4.97. The minimum absolute atomic E-state index is 0.307. The molecule has 0 atom stereocenters. The Balaban J connectivity index is 1.90. The van der Waals surface area contributed by atoms with Crippen molar-refractivity contribution in [2.24, 2.45) is 0 Å². The first kappa shape index (κ1) is 15.6. The number of aromatic nitrogens is 2. The molecule has 22 heavy (non-hydrogen) atoms. The van der Waals surface area contributed by atoms with Crippen molar-refractivity contribution >= 4 is 29.1 Å². The molecule has 1 N–H and O–H groups in total. The van der Waals surface area contributed by atoms with E-state index in [1.165, 1.54) is 6.07 Å². The highest BCUT2D eigenvalue weighted by atomic mass is 32.1. The fourth-order valence-corrected chi connectivity index (χ4v) is 2.30. The molecule has 0 saturated heterocycles. The third kappa shape index (κ3) is 3.86. The largest absolute Gasteiger partial charge is 0.451 e. The van der Waals surface area contributed by atoms with E-state index in [9.17, 15) is 9.59 Å². The highest BCUT2D eigenvalue weighted by Gasteiger charge is 2.17. The molecule has 0 aliphatic carbocycles. The molecule has 2 rings (SSSR count). The van der Waals surface area contributed by atoms with Gasteiger partial charge < -0.3 is 10.1 Å². The maximum Gasteiger partial charge on any atom is 0.352 e. The van der Waals surface area contributed by atoms with E-state index in [2.05, 4.69) is 14.9 Å². The summed E-state index contributed by atoms with van der Waals surface area (Å²) in [5.41, 5.74) is 1.45. The van der Waals surface area contributed by atoms with Gasteiger partial charge in [-0.15, -0.1) is 5.10 Å². The van der Waals surface area contributed by atoms with Crippen LogP contribution in [0.25, 0.3) is 0 Å². The molecule has 0 fully saturated rings. The molecule has 1 aromatic heterocycles. The van der Waals surface area contributed by atoms with Gasteiger partial charge in [-0.2, -0.15) is 5.26 Å². The van der Waals surface area contributed by atoms with Crippen molar-refractivity contribution in [1.82, 2.24) is 9.59 Å². The minimum atomic E-state index is -0.618. The summed E-state index contributed by atoms with van der Waals surface area (Å²) in [5.74, 6) is -1.10. The van der Waals surface area contributed by atoms with Crippen LogP contribution in [0, 0.1) is 11.3 Å². The molecule has 112 valence electrons. The van der Waals surface area contributed by atoms with Crippen molar-refractivity contribution in [3.8, 4) is 6.07 Å². The van der Waals surface area contributed by atoms with Crippen molar-refractivity contribution in [1.29, 1.82) is 5.26 Å². The summed E-state index contributed by atoms with van der Waals surface area (Å²) < 4.78 is 8.62. The topological polar surface area (TPSA) is 105 Å². The lowest BCUT2D eigenvalue weighted by molar-refractivity contribution is -0.119. The maximum atomic E-state index is 11.8. The van der Waals surface area contributed by atoms with Crippen LogP contribution in [0.4, 0.5) is 5.69 Å². The second kappa shape index (κ2) is 7.28. The van der Waals surface area contributed by atoms with Crippen LogP contribution >= 0.6 is 11.5 Å². The molecule has 1 aromatic carbocycles. The molecule has 7 nitrogen and oxygen atoms in total. The normalized spacial score (nSPS) is 9.82. The summed E-state index contributed by atoms with van der Waals surface area (Å²) in [4.78, 5) is 23.9. The smallest absolute Gasteiger partial charge is 0.352 e. The van der Waals surface area contributed by atoms with Crippen LogP contribution in [0.1, 0.15) is 27.9 Å². The molecule has 0 aliphatic heterocycles. The van der Waals surface area contributed by atoms with Gasteiger partial charge in [0.2, 0.25) is 0 Å². The molecule has 0 spiro atoms. The first-order chi connectivity index (χ1) is 10.6. The van der Waals surface area contributed by atoms with Crippen LogP contribution in [0.2, 0.25) is 0 Å². The Labute approximate surface area is 130 Å². The van der Waals surface area contributed by atoms with E-state index in [0.717, 1.165) is 11.5 Å². The highest BCUT2D eigenvalue weighted by molar-refractivity contribution is 7.07. The number of aryl methyl sites for hydroxylation is 1. The van der Waals surface area contributed by atoms with Crippen LogP contribution in [-0.4, -0.2) is 28.1 Å². The zero-order valence-corrected chi connectivity index (χ0v) is 12.5. The van der Waals surface area contributed by atoms with E-state index < -0.39 is 18.5 Å². The van der Waals surface area contributed by atoms with Gasteiger partial charge in [-0.05, 0) is 36.2 Å². The molecule has 0 saturated carbocycles. The van der Waals surface area contributed by atoms with Gasteiger partial charge in [-0.1, -0.05) is 17.5 Å². The Morgan fingerprint density at radius 2 is 2.27 bits per heavy atom. The average molecular weight is 316 g/mol. The summed E-state index contributed by atoms with van der Waals surface area (Å²) >= 11 is 0.939. The van der Waals surface area contributed by atoms with Crippen molar-refractivity contribution in [3.05, 3.63) is 40.4 Å². The fraction of sp³-hybridized carbons (Fsp3) is 0.214. The van der Waals surface area contributed by atoms with E-state index in [1.807, 2.05) is 13.0 Å². The van der Waals surface area contributed by atoms with Crippen LogP contribution in [-0.2, 0) is 16.0 Å². The number of nitriles is 1. The molecule has 1 amide bonds. The average Bonchev–Trinajstić information content (AvgIpc) is 3.01. The molecule has 1 heterocycles. The molecular formula is C14H12N4O3S. The maximum absolute atomic E-state index is 11.8. The monoisotopic (exact) mass is 316 g/mol. The first-order valence-corrected chi connectivity index (χ1v) is 7.19. The number of hydrogen-bond donors (Lipinski definition) is 1. The number of benzene rings is 1. The molecule has 0 bridgehead atoms. The molecule has 0 unspecified atom stereocenters. The van der Waals surface area contributed by atoms with Gasteiger partial charge >= 0.3 is 5.97 Å². The van der Waals surface area contributed by atoms with E-state index in [0.29, 0.717) is 28.2 Å². The van der Waals surface area contributed by atoms with Crippen LogP contribution in [0.5, 0.6) is 0 Å². The number of anilines is 1. The molecule has 0 aliphatic rings. The number of hydrogen-bond acceptors (Lipinski definition) is 7. The van der Waals surface area contributed by atoms with Gasteiger partial charge in [-0.3, -0.25) is 4.79 Å².